The summed E-state index contributed by atoms with van der Waals surface area (Å²) in [6.07, 6.45) is -6.05. The zero-order valence-electron chi connectivity index (χ0n) is 9.50. The van der Waals surface area contributed by atoms with E-state index in [-0.39, 0.29) is 11.8 Å². The molecule has 0 atom stereocenters. The molecular formula is C11H5F6N3. The number of rotatable bonds is 1. The van der Waals surface area contributed by atoms with E-state index >= 15 is 0 Å². The molecule has 0 unspecified atom stereocenters. The molecule has 0 amide bonds. The first kappa shape index (κ1) is 14.2. The summed E-state index contributed by atoms with van der Waals surface area (Å²) in [6, 6.07) is -0.0377. The molecule has 0 aliphatic rings. The van der Waals surface area contributed by atoms with Crippen LogP contribution in [0.3, 0.4) is 0 Å². The average Bonchev–Trinajstić information content (AvgIpc) is 2.37. The molecule has 106 valence electrons. The van der Waals surface area contributed by atoms with Gasteiger partial charge in [-0.1, -0.05) is 0 Å². The molecule has 0 spiro atoms. The van der Waals surface area contributed by atoms with Crippen molar-refractivity contribution in [1.29, 1.82) is 0 Å². The molecule has 0 aliphatic heterocycles. The van der Waals surface area contributed by atoms with E-state index in [1.165, 1.54) is 6.20 Å². The molecule has 0 N–H and O–H groups in total. The third kappa shape index (κ3) is 2.86. The minimum atomic E-state index is -4.96. The third-order valence-electron chi connectivity index (χ3n) is 2.34. The van der Waals surface area contributed by atoms with Gasteiger partial charge in [-0.25, -0.2) is 0 Å². The maximum Gasteiger partial charge on any atom is 0.433 e. The largest absolute Gasteiger partial charge is 0.433 e. The molecular weight excluding hydrogens is 288 g/mol. The zero-order valence-corrected chi connectivity index (χ0v) is 9.50. The monoisotopic (exact) mass is 293 g/mol. The molecule has 0 saturated heterocycles. The van der Waals surface area contributed by atoms with Crippen molar-refractivity contribution in [1.82, 2.24) is 15.0 Å². The van der Waals surface area contributed by atoms with E-state index in [1.54, 1.807) is 0 Å². The molecule has 0 fully saturated rings. The minimum Gasteiger partial charge on any atom is -0.261 e. The van der Waals surface area contributed by atoms with Gasteiger partial charge in [-0.05, 0) is 6.07 Å². The summed E-state index contributed by atoms with van der Waals surface area (Å²) in [5, 5.41) is 0. The van der Waals surface area contributed by atoms with Gasteiger partial charge in [0.05, 0.1) is 17.5 Å². The van der Waals surface area contributed by atoms with Crippen LogP contribution in [-0.2, 0) is 12.4 Å². The molecule has 2 aromatic rings. The van der Waals surface area contributed by atoms with Crippen molar-refractivity contribution in [3.8, 4) is 11.3 Å². The van der Waals surface area contributed by atoms with E-state index in [4.69, 9.17) is 0 Å². The van der Waals surface area contributed by atoms with Crippen LogP contribution >= 0.6 is 0 Å². The second-order valence-corrected chi connectivity index (χ2v) is 3.70. The van der Waals surface area contributed by atoms with Gasteiger partial charge < -0.3 is 0 Å². The van der Waals surface area contributed by atoms with Crippen molar-refractivity contribution in [3.05, 3.63) is 42.1 Å². The first-order valence-electron chi connectivity index (χ1n) is 5.10. The van der Waals surface area contributed by atoms with Crippen LogP contribution in [0.15, 0.2) is 30.9 Å². The predicted molar refractivity (Wildman–Crippen MR) is 55.3 cm³/mol. The van der Waals surface area contributed by atoms with Gasteiger partial charge in [0.1, 0.15) is 5.69 Å². The van der Waals surface area contributed by atoms with Crippen LogP contribution in [0.4, 0.5) is 26.3 Å². The maximum absolute atomic E-state index is 12.9. The summed E-state index contributed by atoms with van der Waals surface area (Å²) >= 11 is 0. The summed E-state index contributed by atoms with van der Waals surface area (Å²) in [6.45, 7) is 0. The Morgan fingerprint density at radius 2 is 1.50 bits per heavy atom. The molecule has 2 rings (SSSR count). The number of hydrogen-bond donors (Lipinski definition) is 0. The third-order valence-corrected chi connectivity index (χ3v) is 2.34. The smallest absolute Gasteiger partial charge is 0.261 e. The molecule has 0 aliphatic carbocycles. The van der Waals surface area contributed by atoms with Gasteiger partial charge in [0.25, 0.3) is 0 Å². The number of aromatic nitrogens is 3. The van der Waals surface area contributed by atoms with Crippen LogP contribution in [0.25, 0.3) is 11.3 Å². The Bertz CT molecular complexity index is 606. The lowest BCUT2D eigenvalue weighted by Crippen LogP contribution is -2.14. The molecule has 0 saturated carbocycles. The Morgan fingerprint density at radius 1 is 0.800 bits per heavy atom. The Labute approximate surface area is 108 Å². The summed E-state index contributed by atoms with van der Waals surface area (Å²) < 4.78 is 75.9. The highest BCUT2D eigenvalue weighted by atomic mass is 19.4. The van der Waals surface area contributed by atoms with Gasteiger partial charge in [-0.2, -0.15) is 26.3 Å². The van der Waals surface area contributed by atoms with E-state index in [9.17, 15) is 26.3 Å². The van der Waals surface area contributed by atoms with Gasteiger partial charge in [-0.15, -0.1) is 0 Å². The second-order valence-electron chi connectivity index (χ2n) is 3.70. The summed E-state index contributed by atoms with van der Waals surface area (Å²) in [4.78, 5) is 10.2. The molecule has 0 radical (unpaired) electrons. The van der Waals surface area contributed by atoms with Gasteiger partial charge in [0, 0.05) is 24.2 Å². The number of alkyl halides is 6. The minimum absolute atomic E-state index is 0.0377. The second kappa shape index (κ2) is 4.73. The van der Waals surface area contributed by atoms with Crippen LogP contribution in [0.2, 0.25) is 0 Å². The Kier molecular flexibility index (Phi) is 3.36. The topological polar surface area (TPSA) is 38.7 Å². The fraction of sp³-hybridized carbons (Fsp3) is 0.182. The molecule has 2 aromatic heterocycles. The van der Waals surface area contributed by atoms with Crippen molar-refractivity contribution >= 4 is 0 Å². The van der Waals surface area contributed by atoms with Crippen molar-refractivity contribution in [2.45, 2.75) is 12.4 Å². The van der Waals surface area contributed by atoms with Crippen molar-refractivity contribution in [2.24, 2.45) is 0 Å². The fourth-order valence-electron chi connectivity index (χ4n) is 1.49. The van der Waals surface area contributed by atoms with Crippen molar-refractivity contribution in [2.75, 3.05) is 0 Å². The Hall–Kier alpha value is -2.19. The van der Waals surface area contributed by atoms with Crippen LogP contribution < -0.4 is 0 Å². The standard InChI is InChI=1S/C11H5F6N3/c12-10(13,14)7-3-9(11(15,16)17)20-4-6(7)8-5-18-1-2-19-8/h1-5H. The van der Waals surface area contributed by atoms with E-state index < -0.39 is 29.2 Å². The van der Waals surface area contributed by atoms with Crippen LogP contribution in [0.5, 0.6) is 0 Å². The zero-order chi connectivity index (χ0) is 15.0. The van der Waals surface area contributed by atoms with Gasteiger partial charge >= 0.3 is 12.4 Å². The summed E-state index contributed by atoms with van der Waals surface area (Å²) in [7, 11) is 0. The molecule has 3 nitrogen and oxygen atoms in total. The number of pyridine rings is 1. The molecule has 2 heterocycles. The summed E-state index contributed by atoms with van der Waals surface area (Å²) in [5.74, 6) is 0. The predicted octanol–water partition coefficient (Wildman–Crippen LogP) is 3.58. The van der Waals surface area contributed by atoms with Gasteiger partial charge in [0.2, 0.25) is 0 Å². The van der Waals surface area contributed by atoms with E-state index in [1.807, 2.05) is 0 Å². The van der Waals surface area contributed by atoms with E-state index in [0.717, 1.165) is 12.4 Å². The SMILES string of the molecule is FC(F)(F)c1cc(C(F)(F)F)c(-c2cnccn2)cn1. The van der Waals surface area contributed by atoms with Crippen molar-refractivity contribution < 1.29 is 26.3 Å². The molecule has 0 bridgehead atoms. The van der Waals surface area contributed by atoms with Crippen LogP contribution in [-0.4, -0.2) is 15.0 Å². The first-order valence-corrected chi connectivity index (χ1v) is 5.10. The normalized spacial score (nSPS) is 12.5. The first-order chi connectivity index (χ1) is 9.19. The molecule has 0 aromatic carbocycles. The highest BCUT2D eigenvalue weighted by Crippen LogP contribution is 2.39. The lowest BCUT2D eigenvalue weighted by molar-refractivity contribution is -0.145. The number of hydrogen-bond acceptors (Lipinski definition) is 3. The number of halogens is 6. The van der Waals surface area contributed by atoms with E-state index in [0.29, 0.717) is 6.20 Å². The average molecular weight is 293 g/mol. The van der Waals surface area contributed by atoms with E-state index in [2.05, 4.69) is 15.0 Å². The van der Waals surface area contributed by atoms with Crippen LogP contribution in [0.1, 0.15) is 11.3 Å². The highest BCUT2D eigenvalue weighted by Gasteiger charge is 2.39. The lowest BCUT2D eigenvalue weighted by atomic mass is 10.1. The van der Waals surface area contributed by atoms with Crippen LogP contribution in [0, 0.1) is 0 Å². The Balaban J connectivity index is 2.65. The van der Waals surface area contributed by atoms with Crippen molar-refractivity contribution in [3.63, 3.8) is 0 Å². The highest BCUT2D eigenvalue weighted by molar-refractivity contribution is 5.62. The molecule has 9 heteroatoms. The fourth-order valence-corrected chi connectivity index (χ4v) is 1.49. The van der Waals surface area contributed by atoms with Gasteiger partial charge in [0.15, 0.2) is 0 Å². The lowest BCUT2D eigenvalue weighted by Gasteiger charge is -2.14. The maximum atomic E-state index is 12.9. The quantitative estimate of drug-likeness (QED) is 0.754. The number of nitrogens with zero attached hydrogens (tertiary/aromatic N) is 3. The molecule has 20 heavy (non-hydrogen) atoms. The summed E-state index contributed by atoms with van der Waals surface area (Å²) in [5.41, 5.74) is -3.84. The Morgan fingerprint density at radius 3 is 2.00 bits per heavy atom. The van der Waals surface area contributed by atoms with Gasteiger partial charge in [-0.3, -0.25) is 15.0 Å².